The summed E-state index contributed by atoms with van der Waals surface area (Å²) < 4.78 is 37.0. The molecule has 2 heterocycles. The monoisotopic (exact) mass is 267 g/mol. The number of morpholine rings is 1. The molecule has 1 atom stereocenters. The Labute approximate surface area is 107 Å². The van der Waals surface area contributed by atoms with Crippen LogP contribution in [0.4, 0.5) is 8.78 Å². The third-order valence-electron chi connectivity index (χ3n) is 2.83. The van der Waals surface area contributed by atoms with Gasteiger partial charge in [-0.25, -0.2) is 8.78 Å². The molecule has 0 radical (unpaired) electrons. The number of benzene rings is 1. The van der Waals surface area contributed by atoms with Crippen molar-refractivity contribution in [1.29, 1.82) is 0 Å². The lowest BCUT2D eigenvalue weighted by atomic mass is 10.2. The first kappa shape index (κ1) is 12.2. The molecule has 2 aromatic rings. The first-order chi connectivity index (χ1) is 9.24. The molecule has 1 aromatic carbocycles. The van der Waals surface area contributed by atoms with Crippen LogP contribution in [-0.4, -0.2) is 29.9 Å². The van der Waals surface area contributed by atoms with E-state index in [9.17, 15) is 8.78 Å². The van der Waals surface area contributed by atoms with Crippen molar-refractivity contribution in [3.8, 4) is 11.4 Å². The minimum atomic E-state index is -0.596. The van der Waals surface area contributed by atoms with Gasteiger partial charge in [0, 0.05) is 6.54 Å². The molecule has 5 nitrogen and oxygen atoms in total. The van der Waals surface area contributed by atoms with E-state index in [1.165, 1.54) is 0 Å². The zero-order valence-electron chi connectivity index (χ0n) is 9.90. The number of aromatic nitrogens is 2. The molecule has 1 saturated heterocycles. The van der Waals surface area contributed by atoms with E-state index >= 15 is 0 Å². The molecule has 1 N–H and O–H groups in total. The molecule has 1 unspecified atom stereocenters. The lowest BCUT2D eigenvalue weighted by molar-refractivity contribution is 0.0659. The number of ether oxygens (including phenoxy) is 1. The Morgan fingerprint density at radius 3 is 3.00 bits per heavy atom. The molecule has 19 heavy (non-hydrogen) atoms. The van der Waals surface area contributed by atoms with Crippen LogP contribution >= 0.6 is 0 Å². The number of nitrogens with zero attached hydrogens (tertiary/aromatic N) is 2. The fraction of sp³-hybridized carbons (Fsp3) is 0.333. The van der Waals surface area contributed by atoms with Crippen LogP contribution in [0.25, 0.3) is 11.4 Å². The number of hydrogen-bond donors (Lipinski definition) is 1. The lowest BCUT2D eigenvalue weighted by Gasteiger charge is -2.20. The molecule has 1 aliphatic heterocycles. The highest BCUT2D eigenvalue weighted by atomic mass is 19.1. The van der Waals surface area contributed by atoms with Gasteiger partial charge >= 0.3 is 0 Å². The minimum absolute atomic E-state index is 0.0215. The summed E-state index contributed by atoms with van der Waals surface area (Å²) in [5.74, 6) is -0.818. The van der Waals surface area contributed by atoms with Crippen LogP contribution in [0.5, 0.6) is 0 Å². The number of hydrogen-bond acceptors (Lipinski definition) is 5. The van der Waals surface area contributed by atoms with Gasteiger partial charge < -0.3 is 14.6 Å². The maximum atomic E-state index is 13.6. The molecular weight excluding hydrogens is 256 g/mol. The summed E-state index contributed by atoms with van der Waals surface area (Å²) in [5, 5.41) is 6.81. The van der Waals surface area contributed by atoms with E-state index in [-0.39, 0.29) is 17.4 Å². The van der Waals surface area contributed by atoms with Gasteiger partial charge in [-0.15, -0.1) is 0 Å². The predicted octanol–water partition coefficient (Wildman–Crippen LogP) is 1.68. The summed E-state index contributed by atoms with van der Waals surface area (Å²) in [5.41, 5.74) is -0.0215. The normalized spacial score (nSPS) is 19.6. The molecule has 0 spiro atoms. The van der Waals surface area contributed by atoms with Crippen LogP contribution in [-0.2, 0) is 4.74 Å². The Kier molecular flexibility index (Phi) is 3.22. The van der Waals surface area contributed by atoms with Gasteiger partial charge in [-0.2, -0.15) is 4.98 Å². The van der Waals surface area contributed by atoms with Crippen molar-refractivity contribution in [2.75, 3.05) is 19.8 Å². The largest absolute Gasteiger partial charge is 0.378 e. The van der Waals surface area contributed by atoms with Crippen LogP contribution in [0.15, 0.2) is 22.7 Å². The molecule has 0 saturated carbocycles. The highest BCUT2D eigenvalue weighted by Gasteiger charge is 2.23. The topological polar surface area (TPSA) is 60.2 Å². The Morgan fingerprint density at radius 1 is 1.32 bits per heavy atom. The van der Waals surface area contributed by atoms with E-state index in [2.05, 4.69) is 15.5 Å². The number of halogens is 2. The van der Waals surface area contributed by atoms with Crippen LogP contribution in [0.2, 0.25) is 0 Å². The summed E-state index contributed by atoms with van der Waals surface area (Å²) in [6.45, 7) is 1.71. The van der Waals surface area contributed by atoms with Crippen molar-refractivity contribution in [3.05, 3.63) is 35.7 Å². The molecule has 1 aliphatic rings. The predicted molar refractivity (Wildman–Crippen MR) is 61.2 cm³/mol. The standard InChI is InChI=1S/C12H11F2N3O2/c13-7-1-2-9(14)8(5-7)11-16-12(19-17-11)10-6-18-4-3-15-10/h1-2,5,10,15H,3-4,6H2. The van der Waals surface area contributed by atoms with Crippen molar-refractivity contribution in [3.63, 3.8) is 0 Å². The summed E-state index contributed by atoms with van der Waals surface area (Å²) in [7, 11) is 0. The zero-order chi connectivity index (χ0) is 13.2. The van der Waals surface area contributed by atoms with Crippen molar-refractivity contribution in [1.82, 2.24) is 15.5 Å². The van der Waals surface area contributed by atoms with E-state index in [0.717, 1.165) is 18.2 Å². The van der Waals surface area contributed by atoms with Crippen molar-refractivity contribution >= 4 is 0 Å². The average molecular weight is 267 g/mol. The summed E-state index contributed by atoms with van der Waals surface area (Å²) in [4.78, 5) is 4.08. The first-order valence-electron chi connectivity index (χ1n) is 5.84. The van der Waals surface area contributed by atoms with Crippen molar-refractivity contribution in [2.45, 2.75) is 6.04 Å². The summed E-state index contributed by atoms with van der Waals surface area (Å²) >= 11 is 0. The van der Waals surface area contributed by atoms with Crippen LogP contribution in [0.1, 0.15) is 11.9 Å². The SMILES string of the molecule is Fc1ccc(F)c(-c2noc(C3COCCN3)n2)c1. The van der Waals surface area contributed by atoms with Gasteiger partial charge in [-0.05, 0) is 18.2 Å². The fourth-order valence-electron chi connectivity index (χ4n) is 1.88. The van der Waals surface area contributed by atoms with E-state index in [4.69, 9.17) is 9.26 Å². The summed E-state index contributed by atoms with van der Waals surface area (Å²) in [6.07, 6.45) is 0. The van der Waals surface area contributed by atoms with Gasteiger partial charge in [0.15, 0.2) is 0 Å². The van der Waals surface area contributed by atoms with Crippen LogP contribution in [0.3, 0.4) is 0 Å². The van der Waals surface area contributed by atoms with E-state index in [1.807, 2.05) is 0 Å². The Morgan fingerprint density at radius 2 is 2.21 bits per heavy atom. The number of nitrogens with one attached hydrogen (secondary N) is 1. The van der Waals surface area contributed by atoms with Gasteiger partial charge in [0.25, 0.3) is 0 Å². The Bertz CT molecular complexity index is 582. The van der Waals surface area contributed by atoms with E-state index in [1.54, 1.807) is 0 Å². The maximum absolute atomic E-state index is 13.6. The third kappa shape index (κ3) is 2.47. The van der Waals surface area contributed by atoms with Crippen LogP contribution in [0, 0.1) is 11.6 Å². The van der Waals surface area contributed by atoms with Gasteiger partial charge in [-0.1, -0.05) is 5.16 Å². The van der Waals surface area contributed by atoms with Gasteiger partial charge in [0.1, 0.15) is 17.7 Å². The molecule has 1 fully saturated rings. The maximum Gasteiger partial charge on any atom is 0.246 e. The number of rotatable bonds is 2. The van der Waals surface area contributed by atoms with Gasteiger partial charge in [-0.3, -0.25) is 0 Å². The molecule has 1 aromatic heterocycles. The molecule has 0 amide bonds. The molecule has 100 valence electrons. The van der Waals surface area contributed by atoms with Gasteiger partial charge in [0.2, 0.25) is 11.7 Å². The summed E-state index contributed by atoms with van der Waals surface area (Å²) in [6, 6.07) is 2.89. The molecule has 3 rings (SSSR count). The van der Waals surface area contributed by atoms with Gasteiger partial charge in [0.05, 0.1) is 18.8 Å². The third-order valence-corrected chi connectivity index (χ3v) is 2.83. The molecule has 0 bridgehead atoms. The average Bonchev–Trinajstić information content (AvgIpc) is 2.92. The van der Waals surface area contributed by atoms with Crippen molar-refractivity contribution in [2.24, 2.45) is 0 Å². The molecule has 0 aliphatic carbocycles. The Hall–Kier alpha value is -1.86. The second-order valence-corrected chi connectivity index (χ2v) is 4.16. The second kappa shape index (κ2) is 5.02. The highest BCUT2D eigenvalue weighted by Crippen LogP contribution is 2.23. The fourth-order valence-corrected chi connectivity index (χ4v) is 1.88. The quantitative estimate of drug-likeness (QED) is 0.897. The first-order valence-corrected chi connectivity index (χ1v) is 5.84. The smallest absolute Gasteiger partial charge is 0.246 e. The Balaban J connectivity index is 1.89. The molecular formula is C12H11F2N3O2. The second-order valence-electron chi connectivity index (χ2n) is 4.16. The van der Waals surface area contributed by atoms with E-state index in [0.29, 0.717) is 25.6 Å². The minimum Gasteiger partial charge on any atom is -0.378 e. The van der Waals surface area contributed by atoms with Crippen LogP contribution < -0.4 is 5.32 Å². The molecule has 7 heteroatoms. The lowest BCUT2D eigenvalue weighted by Crippen LogP contribution is -2.34. The van der Waals surface area contributed by atoms with Crippen molar-refractivity contribution < 1.29 is 18.0 Å². The zero-order valence-corrected chi connectivity index (χ0v) is 9.90. The van der Waals surface area contributed by atoms with E-state index < -0.39 is 11.6 Å². The highest BCUT2D eigenvalue weighted by molar-refractivity contribution is 5.55.